The summed E-state index contributed by atoms with van der Waals surface area (Å²) in [6, 6.07) is 6.14. The van der Waals surface area contributed by atoms with Crippen molar-refractivity contribution in [2.45, 2.75) is 30.8 Å². The van der Waals surface area contributed by atoms with Crippen LogP contribution in [0.4, 0.5) is 26.0 Å². The second kappa shape index (κ2) is 8.64. The van der Waals surface area contributed by atoms with Gasteiger partial charge in [-0.3, -0.25) is 20.0 Å². The first-order chi connectivity index (χ1) is 16.7. The normalized spacial score (nSPS) is 14.9. The number of halogens is 2. The predicted molar refractivity (Wildman–Crippen MR) is 126 cm³/mol. The number of amides is 1. The number of carbonyl (C=O) groups is 1. The Morgan fingerprint density at radius 2 is 1.83 bits per heavy atom. The number of hydrogen-bond donors (Lipinski definition) is 2. The van der Waals surface area contributed by atoms with Crippen LogP contribution in [0.5, 0.6) is 0 Å². The Morgan fingerprint density at radius 3 is 2.42 bits per heavy atom. The van der Waals surface area contributed by atoms with E-state index in [9.17, 15) is 32.1 Å². The van der Waals surface area contributed by atoms with Crippen LogP contribution in [0.2, 0.25) is 0 Å². The molecule has 1 aliphatic rings. The van der Waals surface area contributed by atoms with Gasteiger partial charge in [0.05, 0.1) is 21.1 Å². The fourth-order valence-electron chi connectivity index (χ4n) is 4.10. The van der Waals surface area contributed by atoms with Crippen LogP contribution in [0.15, 0.2) is 41.3 Å². The molecular formula is C22H22F2N6O5S. The van der Waals surface area contributed by atoms with Crippen LogP contribution in [0.3, 0.4) is 0 Å². The molecule has 2 heterocycles. The Labute approximate surface area is 204 Å². The number of H-pyrrole nitrogens is 1. The van der Waals surface area contributed by atoms with Crippen LogP contribution < -0.4 is 10.2 Å². The molecule has 2 N–H and O–H groups in total. The van der Waals surface area contributed by atoms with Gasteiger partial charge in [-0.1, -0.05) is 0 Å². The fraction of sp³-hybridized carbons (Fsp3) is 0.273. The van der Waals surface area contributed by atoms with Gasteiger partial charge in [0.25, 0.3) is 11.6 Å². The molecule has 0 aliphatic carbocycles. The molecule has 36 heavy (non-hydrogen) atoms. The molecule has 3 aromatic rings. The van der Waals surface area contributed by atoms with E-state index >= 15 is 0 Å². The number of carbonyl (C=O) groups excluding carboxylic acids is 1. The highest BCUT2D eigenvalue weighted by Crippen LogP contribution is 2.44. The number of fused-ring (bicyclic) bond motifs is 1. The molecule has 4 rings (SSSR count). The Bertz CT molecular complexity index is 1480. The van der Waals surface area contributed by atoms with Gasteiger partial charge in [-0.25, -0.2) is 17.2 Å². The highest BCUT2D eigenvalue weighted by atomic mass is 32.2. The van der Waals surface area contributed by atoms with Crippen molar-refractivity contribution >= 4 is 33.1 Å². The van der Waals surface area contributed by atoms with Gasteiger partial charge in [0.1, 0.15) is 17.2 Å². The Morgan fingerprint density at radius 1 is 1.19 bits per heavy atom. The van der Waals surface area contributed by atoms with Crippen LogP contribution in [-0.2, 0) is 22.1 Å². The first kappa shape index (κ1) is 25.2. The number of anilines is 2. The summed E-state index contributed by atoms with van der Waals surface area (Å²) in [5, 5.41) is 20.9. The fourth-order valence-corrected chi connectivity index (χ4v) is 5.87. The molecule has 11 nitrogen and oxygen atoms in total. The maximum absolute atomic E-state index is 13.7. The van der Waals surface area contributed by atoms with E-state index in [4.69, 9.17) is 0 Å². The first-order valence-corrected chi connectivity index (χ1v) is 12.0. The molecule has 0 atom stereocenters. The molecule has 0 spiro atoms. The van der Waals surface area contributed by atoms with Gasteiger partial charge < -0.3 is 10.2 Å². The third-order valence-corrected chi connectivity index (χ3v) is 8.00. The average Bonchev–Trinajstić information content (AvgIpc) is 3.30. The zero-order valence-electron chi connectivity index (χ0n) is 19.7. The van der Waals surface area contributed by atoms with Gasteiger partial charge in [-0.15, -0.1) is 0 Å². The quantitative estimate of drug-likeness (QED) is 0.375. The van der Waals surface area contributed by atoms with Crippen LogP contribution in [0.1, 0.15) is 35.5 Å². The van der Waals surface area contributed by atoms with Gasteiger partial charge in [0, 0.05) is 44.0 Å². The lowest BCUT2D eigenvalue weighted by molar-refractivity contribution is -0.385. The summed E-state index contributed by atoms with van der Waals surface area (Å²) < 4.78 is 55.0. The van der Waals surface area contributed by atoms with E-state index in [1.165, 1.54) is 12.1 Å². The predicted octanol–water partition coefficient (Wildman–Crippen LogP) is 3.35. The number of nitrogens with zero attached hydrogens (tertiary/aromatic N) is 4. The topological polar surface area (TPSA) is 142 Å². The molecule has 1 aromatic heterocycles. The van der Waals surface area contributed by atoms with Gasteiger partial charge >= 0.3 is 0 Å². The van der Waals surface area contributed by atoms with Gasteiger partial charge in [0.2, 0.25) is 10.0 Å². The number of aromatic amines is 1. The number of sulfonamides is 1. The average molecular weight is 521 g/mol. The van der Waals surface area contributed by atoms with Crippen molar-refractivity contribution in [2.75, 3.05) is 24.3 Å². The number of benzene rings is 2. The monoisotopic (exact) mass is 520 g/mol. The van der Waals surface area contributed by atoms with Gasteiger partial charge in [0.15, 0.2) is 5.82 Å². The number of nitrogens with one attached hydrogen (secondary N) is 2. The third kappa shape index (κ3) is 4.18. The van der Waals surface area contributed by atoms with Crippen LogP contribution in [0, 0.1) is 21.7 Å². The molecular weight excluding hydrogens is 498 g/mol. The number of aromatic nitrogens is 2. The van der Waals surface area contributed by atoms with Crippen LogP contribution in [0.25, 0.3) is 0 Å². The minimum atomic E-state index is -4.36. The molecule has 0 unspecified atom stereocenters. The molecule has 0 saturated heterocycles. The number of hydrogen-bond acceptors (Lipinski definition) is 7. The molecule has 1 aliphatic heterocycles. The summed E-state index contributed by atoms with van der Waals surface area (Å²) >= 11 is 0. The smallest absolute Gasteiger partial charge is 0.284 e. The molecule has 0 fully saturated rings. The minimum Gasteiger partial charge on any atom is -0.377 e. The van der Waals surface area contributed by atoms with Gasteiger partial charge in [-0.2, -0.15) is 9.40 Å². The van der Waals surface area contributed by atoms with E-state index < -0.39 is 48.6 Å². The maximum Gasteiger partial charge on any atom is 0.284 e. The number of rotatable bonds is 6. The van der Waals surface area contributed by atoms with E-state index in [0.717, 1.165) is 16.4 Å². The number of nitro groups is 1. The summed E-state index contributed by atoms with van der Waals surface area (Å²) in [4.78, 5) is 24.9. The summed E-state index contributed by atoms with van der Waals surface area (Å²) in [6.07, 6.45) is 0. The Balaban J connectivity index is 1.67. The summed E-state index contributed by atoms with van der Waals surface area (Å²) in [5.41, 5.74) is -0.637. The van der Waals surface area contributed by atoms with Crippen LogP contribution >= 0.6 is 0 Å². The Kier molecular flexibility index (Phi) is 6.04. The van der Waals surface area contributed by atoms with Crippen molar-refractivity contribution in [3.05, 3.63) is 75.0 Å². The molecule has 14 heteroatoms. The van der Waals surface area contributed by atoms with E-state index in [1.54, 1.807) is 38.9 Å². The lowest BCUT2D eigenvalue weighted by atomic mass is 10.0. The lowest BCUT2D eigenvalue weighted by Gasteiger charge is -2.30. The van der Waals surface area contributed by atoms with Crippen molar-refractivity contribution in [1.29, 1.82) is 0 Å². The lowest BCUT2D eigenvalue weighted by Crippen LogP contribution is -2.40. The summed E-state index contributed by atoms with van der Waals surface area (Å²) in [7, 11) is -0.958. The largest absolute Gasteiger partial charge is 0.377 e. The first-order valence-electron chi connectivity index (χ1n) is 10.6. The second-order valence-electron chi connectivity index (χ2n) is 8.91. The van der Waals surface area contributed by atoms with Crippen molar-refractivity contribution < 1.29 is 26.9 Å². The third-order valence-electron chi connectivity index (χ3n) is 6.00. The van der Waals surface area contributed by atoms with E-state index in [1.807, 2.05) is 0 Å². The molecule has 0 radical (unpaired) electrons. The molecule has 0 saturated carbocycles. The maximum atomic E-state index is 13.7. The number of nitro benzene ring substituents is 1. The molecule has 0 bridgehead atoms. The second-order valence-corrected chi connectivity index (χ2v) is 10.8. The van der Waals surface area contributed by atoms with Crippen molar-refractivity contribution in [2.24, 2.45) is 0 Å². The standard InChI is InChI=1S/C22H22F2N6O5S/c1-22(2)19-17(11-29(22)36(34,35)15-8-12(23)7-13(24)9-15)20(27-26-19)25-21(31)16-6-5-14(28(3)4)10-18(16)30(32)33/h5-10H,11H2,1-4H3,(H2,25,26,27,31). The molecule has 1 amide bonds. The zero-order chi connectivity index (χ0) is 26.6. The summed E-state index contributed by atoms with van der Waals surface area (Å²) in [5.74, 6) is -2.91. The SMILES string of the molecule is CN(C)c1ccc(C(=O)Nc2n[nH]c3c2CN(S(=O)(=O)c2cc(F)cc(F)c2)C3(C)C)c([N+](=O)[O-])c1. The highest BCUT2D eigenvalue weighted by molar-refractivity contribution is 7.89. The van der Waals surface area contributed by atoms with E-state index in [-0.39, 0.29) is 17.9 Å². The van der Waals surface area contributed by atoms with E-state index in [0.29, 0.717) is 23.0 Å². The molecule has 2 aromatic carbocycles. The van der Waals surface area contributed by atoms with Crippen molar-refractivity contribution in [3.63, 3.8) is 0 Å². The Hall–Kier alpha value is -3.91. The minimum absolute atomic E-state index is 0.0165. The van der Waals surface area contributed by atoms with Gasteiger partial charge in [-0.05, 0) is 38.1 Å². The molecule has 190 valence electrons. The van der Waals surface area contributed by atoms with Crippen LogP contribution in [-0.4, -0.2) is 47.8 Å². The zero-order valence-corrected chi connectivity index (χ0v) is 20.5. The highest BCUT2D eigenvalue weighted by Gasteiger charge is 2.48. The van der Waals surface area contributed by atoms with Crippen molar-refractivity contribution in [3.8, 4) is 0 Å². The summed E-state index contributed by atoms with van der Waals surface area (Å²) in [6.45, 7) is 2.87. The van der Waals surface area contributed by atoms with Crippen molar-refractivity contribution in [1.82, 2.24) is 14.5 Å². The van der Waals surface area contributed by atoms with E-state index in [2.05, 4.69) is 15.5 Å².